The summed E-state index contributed by atoms with van der Waals surface area (Å²) in [5, 5.41) is 5.70. The van der Waals surface area contributed by atoms with Crippen LogP contribution in [-0.2, 0) is 9.53 Å². The molecule has 1 heterocycles. The molecule has 1 fully saturated rings. The van der Waals surface area contributed by atoms with E-state index < -0.39 is 6.10 Å². The Balaban J connectivity index is 1.59. The van der Waals surface area contributed by atoms with Crippen LogP contribution in [0.5, 0.6) is 5.75 Å². The van der Waals surface area contributed by atoms with Gasteiger partial charge in [-0.1, -0.05) is 38.1 Å². The second-order valence-electron chi connectivity index (χ2n) is 7.86. The number of amides is 2. The van der Waals surface area contributed by atoms with Gasteiger partial charge in [-0.3, -0.25) is 9.59 Å². The van der Waals surface area contributed by atoms with Crippen LogP contribution < -0.4 is 15.4 Å². The molecule has 2 amide bonds. The Morgan fingerprint density at radius 2 is 1.83 bits per heavy atom. The predicted molar refractivity (Wildman–Crippen MR) is 117 cm³/mol. The van der Waals surface area contributed by atoms with E-state index in [0.29, 0.717) is 29.5 Å². The Hall–Kier alpha value is -2.86. The number of anilines is 1. The molecule has 2 N–H and O–H groups in total. The van der Waals surface area contributed by atoms with Crippen LogP contribution in [0.3, 0.4) is 0 Å². The fourth-order valence-corrected chi connectivity index (χ4v) is 3.32. The van der Waals surface area contributed by atoms with E-state index in [-0.39, 0.29) is 17.9 Å². The summed E-state index contributed by atoms with van der Waals surface area (Å²) in [4.78, 5) is 25.2. The lowest BCUT2D eigenvalue weighted by atomic mass is 10.0. The van der Waals surface area contributed by atoms with Crippen LogP contribution in [0, 0.1) is 0 Å². The number of carbonyl (C=O) groups is 2. The van der Waals surface area contributed by atoms with E-state index >= 15 is 0 Å². The molecule has 2 aromatic carbocycles. The highest BCUT2D eigenvalue weighted by molar-refractivity contribution is 6.04. The molecule has 1 saturated heterocycles. The first-order chi connectivity index (χ1) is 14.4. The summed E-state index contributed by atoms with van der Waals surface area (Å²) < 4.78 is 11.3. The average molecular weight is 411 g/mol. The van der Waals surface area contributed by atoms with Crippen LogP contribution in [0.25, 0.3) is 0 Å². The van der Waals surface area contributed by atoms with E-state index in [1.165, 1.54) is 5.56 Å². The van der Waals surface area contributed by atoms with Gasteiger partial charge in [0.1, 0.15) is 5.75 Å². The fourth-order valence-electron chi connectivity index (χ4n) is 3.32. The standard InChI is InChI=1S/C24H30N2O4/c1-16(2)18-10-12-19(13-11-18)30-17(3)23(27)26-22-9-5-4-8-21(22)24(28)25-15-20-7-6-14-29-20/h4-5,8-13,16-17,20H,6-7,14-15H2,1-3H3,(H,25,28)(H,26,27)/t17-,20+/m1/s1. The van der Waals surface area contributed by atoms with Crippen molar-refractivity contribution in [3.8, 4) is 5.75 Å². The van der Waals surface area contributed by atoms with Crippen molar-refractivity contribution in [2.45, 2.75) is 51.7 Å². The molecule has 0 aliphatic carbocycles. The number of hydrogen-bond acceptors (Lipinski definition) is 4. The number of nitrogens with one attached hydrogen (secondary N) is 2. The molecule has 0 aromatic heterocycles. The third-order valence-corrected chi connectivity index (χ3v) is 5.17. The van der Waals surface area contributed by atoms with E-state index in [2.05, 4.69) is 24.5 Å². The van der Waals surface area contributed by atoms with Gasteiger partial charge in [0, 0.05) is 13.2 Å². The maximum Gasteiger partial charge on any atom is 0.265 e. The molecule has 6 heteroatoms. The van der Waals surface area contributed by atoms with Crippen LogP contribution in [0.2, 0.25) is 0 Å². The predicted octanol–water partition coefficient (Wildman–Crippen LogP) is 4.12. The molecule has 1 aliphatic rings. The van der Waals surface area contributed by atoms with Gasteiger partial charge in [0.2, 0.25) is 0 Å². The molecule has 0 bridgehead atoms. The lowest BCUT2D eigenvalue weighted by molar-refractivity contribution is -0.122. The Morgan fingerprint density at radius 3 is 2.50 bits per heavy atom. The number of benzene rings is 2. The zero-order valence-electron chi connectivity index (χ0n) is 17.8. The summed E-state index contributed by atoms with van der Waals surface area (Å²) in [6.07, 6.45) is 1.32. The molecule has 0 saturated carbocycles. The van der Waals surface area contributed by atoms with Gasteiger partial charge in [-0.25, -0.2) is 0 Å². The number of rotatable bonds is 8. The van der Waals surface area contributed by atoms with Crippen molar-refractivity contribution in [1.29, 1.82) is 0 Å². The highest BCUT2D eigenvalue weighted by atomic mass is 16.5. The first kappa shape index (κ1) is 21.8. The van der Waals surface area contributed by atoms with Crippen molar-refractivity contribution >= 4 is 17.5 Å². The molecule has 2 aromatic rings. The number of hydrogen-bond donors (Lipinski definition) is 2. The van der Waals surface area contributed by atoms with Crippen molar-refractivity contribution in [2.75, 3.05) is 18.5 Å². The summed E-state index contributed by atoms with van der Waals surface area (Å²) in [5.41, 5.74) is 2.08. The van der Waals surface area contributed by atoms with Crippen molar-refractivity contribution in [3.05, 3.63) is 59.7 Å². The van der Waals surface area contributed by atoms with E-state index in [1.807, 2.05) is 24.3 Å². The topological polar surface area (TPSA) is 76.7 Å². The fraction of sp³-hybridized carbons (Fsp3) is 0.417. The lowest BCUT2D eigenvalue weighted by Crippen LogP contribution is -2.34. The quantitative estimate of drug-likeness (QED) is 0.686. The van der Waals surface area contributed by atoms with E-state index in [1.54, 1.807) is 31.2 Å². The Labute approximate surface area is 178 Å². The van der Waals surface area contributed by atoms with Gasteiger partial charge in [-0.05, 0) is 55.5 Å². The van der Waals surface area contributed by atoms with Crippen molar-refractivity contribution < 1.29 is 19.1 Å². The van der Waals surface area contributed by atoms with Gasteiger partial charge < -0.3 is 20.1 Å². The van der Waals surface area contributed by atoms with Gasteiger partial charge in [0.25, 0.3) is 11.8 Å². The molecule has 30 heavy (non-hydrogen) atoms. The van der Waals surface area contributed by atoms with Crippen molar-refractivity contribution in [1.82, 2.24) is 5.32 Å². The minimum absolute atomic E-state index is 0.0613. The molecule has 6 nitrogen and oxygen atoms in total. The van der Waals surface area contributed by atoms with Crippen LogP contribution in [0.15, 0.2) is 48.5 Å². The Bertz CT molecular complexity index is 858. The van der Waals surface area contributed by atoms with E-state index in [9.17, 15) is 9.59 Å². The van der Waals surface area contributed by atoms with Gasteiger partial charge in [-0.2, -0.15) is 0 Å². The molecule has 2 atom stereocenters. The third-order valence-electron chi connectivity index (χ3n) is 5.17. The molecular formula is C24H30N2O4. The second kappa shape index (κ2) is 10.3. The molecular weight excluding hydrogens is 380 g/mol. The van der Waals surface area contributed by atoms with E-state index in [0.717, 1.165) is 19.4 Å². The summed E-state index contributed by atoms with van der Waals surface area (Å²) in [7, 11) is 0. The van der Waals surface area contributed by atoms with E-state index in [4.69, 9.17) is 9.47 Å². The Morgan fingerprint density at radius 1 is 1.10 bits per heavy atom. The second-order valence-corrected chi connectivity index (χ2v) is 7.86. The number of carbonyl (C=O) groups excluding carboxylic acids is 2. The zero-order valence-corrected chi connectivity index (χ0v) is 17.8. The number of ether oxygens (including phenoxy) is 2. The molecule has 160 valence electrons. The normalized spacial score (nSPS) is 16.9. The lowest BCUT2D eigenvalue weighted by Gasteiger charge is -2.17. The SMILES string of the molecule is CC(C)c1ccc(O[C@H](C)C(=O)Nc2ccccc2C(=O)NC[C@@H]2CCCO2)cc1. The minimum atomic E-state index is -0.710. The third kappa shape index (κ3) is 5.83. The summed E-state index contributed by atoms with van der Waals surface area (Å²) in [6, 6.07) is 14.7. The largest absolute Gasteiger partial charge is 0.481 e. The minimum Gasteiger partial charge on any atom is -0.481 e. The van der Waals surface area contributed by atoms with Crippen LogP contribution in [-0.4, -0.2) is 37.2 Å². The van der Waals surface area contributed by atoms with Crippen molar-refractivity contribution in [2.24, 2.45) is 0 Å². The number of para-hydroxylation sites is 1. The zero-order chi connectivity index (χ0) is 21.5. The van der Waals surface area contributed by atoms with Crippen molar-refractivity contribution in [3.63, 3.8) is 0 Å². The smallest absolute Gasteiger partial charge is 0.265 e. The molecule has 0 unspecified atom stereocenters. The highest BCUT2D eigenvalue weighted by Crippen LogP contribution is 2.21. The average Bonchev–Trinajstić information content (AvgIpc) is 3.26. The molecule has 3 rings (SSSR count). The maximum absolute atomic E-state index is 12.6. The Kier molecular flexibility index (Phi) is 7.46. The maximum atomic E-state index is 12.6. The summed E-state index contributed by atoms with van der Waals surface area (Å²) in [6.45, 7) is 7.14. The highest BCUT2D eigenvalue weighted by Gasteiger charge is 2.20. The van der Waals surface area contributed by atoms with Crippen LogP contribution in [0.1, 0.15) is 55.5 Å². The molecule has 1 aliphatic heterocycles. The monoisotopic (exact) mass is 410 g/mol. The van der Waals surface area contributed by atoms with Crippen LogP contribution >= 0.6 is 0 Å². The summed E-state index contributed by atoms with van der Waals surface area (Å²) >= 11 is 0. The van der Waals surface area contributed by atoms with Gasteiger partial charge in [0.05, 0.1) is 17.4 Å². The summed E-state index contributed by atoms with van der Waals surface area (Å²) in [5.74, 6) is 0.508. The molecule has 0 radical (unpaired) electrons. The first-order valence-corrected chi connectivity index (χ1v) is 10.5. The van der Waals surface area contributed by atoms with Gasteiger partial charge >= 0.3 is 0 Å². The van der Waals surface area contributed by atoms with Gasteiger partial charge in [0.15, 0.2) is 6.10 Å². The molecule has 0 spiro atoms. The first-order valence-electron chi connectivity index (χ1n) is 10.5. The van der Waals surface area contributed by atoms with Crippen LogP contribution in [0.4, 0.5) is 5.69 Å². The van der Waals surface area contributed by atoms with Gasteiger partial charge in [-0.15, -0.1) is 0 Å².